The maximum Gasteiger partial charge on any atom is 0.303 e. The van der Waals surface area contributed by atoms with Crippen molar-refractivity contribution in [2.24, 2.45) is 0 Å². The first kappa shape index (κ1) is 25.6. The zero-order valence-corrected chi connectivity index (χ0v) is 20.7. The third kappa shape index (κ3) is 6.08. The highest BCUT2D eigenvalue weighted by Gasteiger charge is 2.32. The van der Waals surface area contributed by atoms with Crippen molar-refractivity contribution < 1.29 is 29.3 Å². The lowest BCUT2D eigenvalue weighted by Gasteiger charge is -2.36. The summed E-state index contributed by atoms with van der Waals surface area (Å²) in [5.41, 5.74) is 5.15. The molecule has 0 bridgehead atoms. The summed E-state index contributed by atoms with van der Waals surface area (Å²) in [6, 6.07) is 22.9. The van der Waals surface area contributed by atoms with Crippen LogP contribution in [0.2, 0.25) is 0 Å². The molecule has 0 aliphatic carbocycles. The van der Waals surface area contributed by atoms with E-state index in [-0.39, 0.29) is 37.6 Å². The van der Waals surface area contributed by atoms with Gasteiger partial charge in [-0.3, -0.25) is 9.59 Å². The average Bonchev–Trinajstić information content (AvgIpc) is 3.35. The molecule has 1 aromatic heterocycles. The van der Waals surface area contributed by atoms with E-state index in [1.54, 1.807) is 12.1 Å². The number of hydrogen-bond donors (Lipinski definition) is 3. The molecule has 2 heterocycles. The molecule has 3 aromatic carbocycles. The molecule has 9 nitrogen and oxygen atoms in total. The second-order valence-corrected chi connectivity index (χ2v) is 9.30. The van der Waals surface area contributed by atoms with Gasteiger partial charge in [-0.15, -0.1) is 0 Å². The van der Waals surface area contributed by atoms with E-state index in [4.69, 9.17) is 14.6 Å². The summed E-state index contributed by atoms with van der Waals surface area (Å²) in [6.07, 6.45) is 1.13. The molecule has 1 aliphatic heterocycles. The molecule has 1 aliphatic rings. The topological polar surface area (TPSA) is 123 Å². The van der Waals surface area contributed by atoms with Crippen molar-refractivity contribution in [2.75, 3.05) is 5.32 Å². The van der Waals surface area contributed by atoms with Gasteiger partial charge in [0.15, 0.2) is 6.29 Å². The fourth-order valence-electron chi connectivity index (χ4n) is 4.58. The van der Waals surface area contributed by atoms with Gasteiger partial charge in [0, 0.05) is 24.1 Å². The van der Waals surface area contributed by atoms with Gasteiger partial charge in [-0.05, 0) is 35.4 Å². The minimum Gasteiger partial charge on any atom is -0.481 e. The molecule has 3 N–H and O–H groups in total. The summed E-state index contributed by atoms with van der Waals surface area (Å²) < 4.78 is 14.9. The lowest BCUT2D eigenvalue weighted by Crippen LogP contribution is -2.32. The number of aliphatic carboxylic acids is 1. The number of carboxylic acids is 1. The van der Waals surface area contributed by atoms with Crippen molar-refractivity contribution in [3.05, 3.63) is 95.8 Å². The Kier molecular flexibility index (Phi) is 7.78. The van der Waals surface area contributed by atoms with E-state index in [0.717, 1.165) is 27.7 Å². The molecule has 9 heteroatoms. The molecular formula is C29H29N3O6. The SMILES string of the molecule is O=C(O)CCC(=O)Nc1ccc(C2OC(Cn3cnc4ccccc43)CC(c3ccc(CO)cc3)O2)cc1. The van der Waals surface area contributed by atoms with E-state index in [2.05, 4.69) is 14.9 Å². The molecule has 1 amide bonds. The molecule has 0 saturated carbocycles. The van der Waals surface area contributed by atoms with Crippen LogP contribution >= 0.6 is 0 Å². The largest absolute Gasteiger partial charge is 0.481 e. The second-order valence-electron chi connectivity index (χ2n) is 9.30. The number of benzene rings is 3. The van der Waals surface area contributed by atoms with Crippen molar-refractivity contribution in [2.45, 2.75) is 50.9 Å². The van der Waals surface area contributed by atoms with Crippen LogP contribution in [0.4, 0.5) is 5.69 Å². The monoisotopic (exact) mass is 515 g/mol. The number of carbonyl (C=O) groups is 2. The Labute approximate surface area is 219 Å². The van der Waals surface area contributed by atoms with Crippen LogP contribution in [0, 0.1) is 0 Å². The van der Waals surface area contributed by atoms with Crippen LogP contribution < -0.4 is 5.32 Å². The fourth-order valence-corrected chi connectivity index (χ4v) is 4.58. The number of amides is 1. The maximum atomic E-state index is 12.0. The van der Waals surface area contributed by atoms with Crippen molar-refractivity contribution >= 4 is 28.6 Å². The molecule has 1 fully saturated rings. The zero-order chi connectivity index (χ0) is 26.5. The van der Waals surface area contributed by atoms with Gasteiger partial charge in [-0.1, -0.05) is 48.5 Å². The number of rotatable bonds is 9. The van der Waals surface area contributed by atoms with Crippen LogP contribution in [0.15, 0.2) is 79.1 Å². The smallest absolute Gasteiger partial charge is 0.303 e. The van der Waals surface area contributed by atoms with Gasteiger partial charge < -0.3 is 29.6 Å². The van der Waals surface area contributed by atoms with Crippen LogP contribution in [0.5, 0.6) is 0 Å². The van der Waals surface area contributed by atoms with Gasteiger partial charge in [0.2, 0.25) is 5.91 Å². The first-order chi connectivity index (χ1) is 18.5. The van der Waals surface area contributed by atoms with E-state index in [9.17, 15) is 14.7 Å². The Bertz CT molecular complexity index is 1400. The predicted molar refractivity (Wildman–Crippen MR) is 140 cm³/mol. The number of ether oxygens (including phenoxy) is 2. The van der Waals surface area contributed by atoms with Crippen molar-refractivity contribution in [1.82, 2.24) is 9.55 Å². The number of aliphatic hydroxyl groups is 1. The summed E-state index contributed by atoms with van der Waals surface area (Å²) in [6.45, 7) is 0.580. The van der Waals surface area contributed by atoms with E-state index in [1.165, 1.54) is 0 Å². The van der Waals surface area contributed by atoms with Crippen molar-refractivity contribution in [1.29, 1.82) is 0 Å². The lowest BCUT2D eigenvalue weighted by molar-refractivity contribution is -0.252. The number of aromatic nitrogens is 2. The standard InChI is InChI=1S/C29H29N3O6/c33-17-19-5-7-20(8-6-19)26-15-23(16-32-18-30-24-3-1-2-4-25(24)32)37-29(38-26)21-9-11-22(12-10-21)31-27(34)13-14-28(35)36/h1-12,18,23,26,29,33H,13-17H2,(H,31,34)(H,35,36). The van der Waals surface area contributed by atoms with Crippen molar-refractivity contribution in [3.63, 3.8) is 0 Å². The quantitative estimate of drug-likeness (QED) is 0.298. The molecule has 3 atom stereocenters. The Hall–Kier alpha value is -4.05. The molecule has 4 aromatic rings. The molecule has 3 unspecified atom stereocenters. The number of hydrogen-bond acceptors (Lipinski definition) is 6. The summed E-state index contributed by atoms with van der Waals surface area (Å²) in [4.78, 5) is 27.2. The highest BCUT2D eigenvalue weighted by Crippen LogP contribution is 2.38. The first-order valence-corrected chi connectivity index (χ1v) is 12.5. The van der Waals surface area contributed by atoms with Gasteiger partial charge in [0.1, 0.15) is 0 Å². The normalized spacial score (nSPS) is 19.3. The highest BCUT2D eigenvalue weighted by molar-refractivity contribution is 5.92. The van der Waals surface area contributed by atoms with Crippen molar-refractivity contribution in [3.8, 4) is 0 Å². The second kappa shape index (κ2) is 11.6. The van der Waals surface area contributed by atoms with Crippen LogP contribution in [0.25, 0.3) is 11.0 Å². The number of nitrogens with zero attached hydrogens (tertiary/aromatic N) is 2. The molecule has 5 rings (SSSR count). The lowest BCUT2D eigenvalue weighted by atomic mass is 10.00. The third-order valence-corrected chi connectivity index (χ3v) is 6.58. The molecule has 0 spiro atoms. The zero-order valence-electron chi connectivity index (χ0n) is 20.7. The van der Waals surface area contributed by atoms with Gasteiger partial charge in [-0.2, -0.15) is 0 Å². The number of fused-ring (bicyclic) bond motifs is 1. The Balaban J connectivity index is 1.35. The van der Waals surface area contributed by atoms with Crippen LogP contribution in [0.1, 0.15) is 48.3 Å². The van der Waals surface area contributed by atoms with Gasteiger partial charge in [-0.25, -0.2) is 4.98 Å². The average molecular weight is 516 g/mol. The number of nitrogens with one attached hydrogen (secondary N) is 1. The molecule has 1 saturated heterocycles. The van der Waals surface area contributed by atoms with E-state index in [1.807, 2.05) is 67.0 Å². The Morgan fingerprint density at radius 3 is 2.42 bits per heavy atom. The number of aliphatic hydroxyl groups excluding tert-OH is 1. The number of carbonyl (C=O) groups excluding carboxylic acids is 1. The van der Waals surface area contributed by atoms with Crippen LogP contribution in [-0.2, 0) is 32.2 Å². The summed E-state index contributed by atoms with van der Waals surface area (Å²) in [5, 5.41) is 20.9. The predicted octanol–water partition coefficient (Wildman–Crippen LogP) is 4.58. The maximum absolute atomic E-state index is 12.0. The Morgan fingerprint density at radius 1 is 0.947 bits per heavy atom. The number of carboxylic acid groups (broad SMARTS) is 1. The van der Waals surface area contributed by atoms with E-state index >= 15 is 0 Å². The van der Waals surface area contributed by atoms with Crippen LogP contribution in [0.3, 0.4) is 0 Å². The third-order valence-electron chi connectivity index (χ3n) is 6.58. The summed E-state index contributed by atoms with van der Waals surface area (Å²) in [5.74, 6) is -1.37. The fraction of sp³-hybridized carbons (Fsp3) is 0.276. The molecule has 196 valence electrons. The van der Waals surface area contributed by atoms with E-state index < -0.39 is 12.3 Å². The summed E-state index contributed by atoms with van der Waals surface area (Å²) >= 11 is 0. The van der Waals surface area contributed by atoms with Crippen LogP contribution in [-0.4, -0.2) is 37.7 Å². The first-order valence-electron chi connectivity index (χ1n) is 12.5. The molecule has 0 radical (unpaired) electrons. The highest BCUT2D eigenvalue weighted by atomic mass is 16.7. The molecule has 38 heavy (non-hydrogen) atoms. The van der Waals surface area contributed by atoms with E-state index in [0.29, 0.717) is 18.7 Å². The van der Waals surface area contributed by atoms with Gasteiger partial charge in [0.25, 0.3) is 0 Å². The van der Waals surface area contributed by atoms with Gasteiger partial charge >= 0.3 is 5.97 Å². The number of imidazole rings is 1. The molecular weight excluding hydrogens is 486 g/mol. The number of anilines is 1. The Morgan fingerprint density at radius 2 is 1.68 bits per heavy atom. The number of para-hydroxylation sites is 2. The minimum absolute atomic E-state index is 0.0208. The minimum atomic E-state index is -1.01. The summed E-state index contributed by atoms with van der Waals surface area (Å²) in [7, 11) is 0. The van der Waals surface area contributed by atoms with Gasteiger partial charge in [0.05, 0.1) is 49.1 Å².